The zero-order valence-electron chi connectivity index (χ0n) is 10.7. The summed E-state index contributed by atoms with van der Waals surface area (Å²) < 4.78 is 11.9. The molecule has 1 aromatic heterocycles. The molecule has 0 saturated carbocycles. The molecule has 0 unspecified atom stereocenters. The fourth-order valence-corrected chi connectivity index (χ4v) is 1.82. The standard InChI is InChI=1S/C11H18N4O3/c1-14-11(17-2)7-9(13-14)12-8-10(16)15-3-5-18-6-4-15/h7H,3-6,8H2,1-2H3,(H,12,13). The second kappa shape index (κ2) is 5.72. The number of hydrogen-bond donors (Lipinski definition) is 1. The van der Waals surface area contributed by atoms with Gasteiger partial charge in [-0.1, -0.05) is 0 Å². The van der Waals surface area contributed by atoms with Gasteiger partial charge >= 0.3 is 0 Å². The van der Waals surface area contributed by atoms with Crippen LogP contribution in [0.4, 0.5) is 5.82 Å². The first kappa shape index (κ1) is 12.7. The Balaban J connectivity index is 1.84. The average Bonchev–Trinajstić information content (AvgIpc) is 2.77. The molecule has 0 bridgehead atoms. The average molecular weight is 254 g/mol. The topological polar surface area (TPSA) is 68.6 Å². The van der Waals surface area contributed by atoms with E-state index in [1.807, 2.05) is 0 Å². The molecule has 100 valence electrons. The fraction of sp³-hybridized carbons (Fsp3) is 0.636. The molecular weight excluding hydrogens is 236 g/mol. The molecule has 1 aromatic rings. The number of ether oxygens (including phenoxy) is 2. The van der Waals surface area contributed by atoms with Crippen molar-refractivity contribution in [1.29, 1.82) is 0 Å². The Kier molecular flexibility index (Phi) is 4.03. The number of anilines is 1. The molecule has 0 aromatic carbocycles. The second-order valence-corrected chi connectivity index (χ2v) is 4.04. The summed E-state index contributed by atoms with van der Waals surface area (Å²) in [6.07, 6.45) is 0. The van der Waals surface area contributed by atoms with Crippen LogP contribution in [0.5, 0.6) is 5.88 Å². The van der Waals surface area contributed by atoms with Crippen LogP contribution >= 0.6 is 0 Å². The Morgan fingerprint density at radius 1 is 1.56 bits per heavy atom. The van der Waals surface area contributed by atoms with Gasteiger partial charge in [0.25, 0.3) is 0 Å². The minimum Gasteiger partial charge on any atom is -0.481 e. The van der Waals surface area contributed by atoms with E-state index in [1.165, 1.54) is 0 Å². The monoisotopic (exact) mass is 254 g/mol. The molecule has 1 aliphatic heterocycles. The Labute approximate surface area is 106 Å². The van der Waals surface area contributed by atoms with Gasteiger partial charge in [-0.3, -0.25) is 4.79 Å². The van der Waals surface area contributed by atoms with Crippen molar-refractivity contribution in [3.05, 3.63) is 6.07 Å². The van der Waals surface area contributed by atoms with Gasteiger partial charge in [-0.25, -0.2) is 4.68 Å². The zero-order chi connectivity index (χ0) is 13.0. The third-order valence-corrected chi connectivity index (χ3v) is 2.83. The van der Waals surface area contributed by atoms with E-state index in [2.05, 4.69) is 10.4 Å². The van der Waals surface area contributed by atoms with E-state index < -0.39 is 0 Å². The molecule has 1 amide bonds. The maximum Gasteiger partial charge on any atom is 0.242 e. The van der Waals surface area contributed by atoms with Crippen LogP contribution in [0.3, 0.4) is 0 Å². The van der Waals surface area contributed by atoms with Crippen LogP contribution in [-0.4, -0.2) is 60.5 Å². The second-order valence-electron chi connectivity index (χ2n) is 4.04. The molecular formula is C11H18N4O3. The molecule has 0 radical (unpaired) electrons. The van der Waals surface area contributed by atoms with Crippen LogP contribution in [0, 0.1) is 0 Å². The zero-order valence-corrected chi connectivity index (χ0v) is 10.7. The van der Waals surface area contributed by atoms with Crippen molar-refractivity contribution in [2.45, 2.75) is 0 Å². The number of aromatic nitrogens is 2. The molecule has 0 spiro atoms. The number of rotatable bonds is 4. The van der Waals surface area contributed by atoms with Gasteiger partial charge in [0.05, 0.1) is 26.9 Å². The van der Waals surface area contributed by atoms with Crippen LogP contribution < -0.4 is 10.1 Å². The number of nitrogens with one attached hydrogen (secondary N) is 1. The Morgan fingerprint density at radius 3 is 2.89 bits per heavy atom. The number of amides is 1. The smallest absolute Gasteiger partial charge is 0.242 e. The van der Waals surface area contributed by atoms with Gasteiger partial charge in [-0.15, -0.1) is 0 Å². The van der Waals surface area contributed by atoms with Crippen molar-refractivity contribution in [2.24, 2.45) is 7.05 Å². The molecule has 0 aliphatic carbocycles. The van der Waals surface area contributed by atoms with E-state index in [0.29, 0.717) is 38.0 Å². The summed E-state index contributed by atoms with van der Waals surface area (Å²) in [5, 5.41) is 7.18. The number of methoxy groups -OCH3 is 1. The summed E-state index contributed by atoms with van der Waals surface area (Å²) in [6, 6.07) is 1.76. The number of morpholine rings is 1. The third-order valence-electron chi connectivity index (χ3n) is 2.83. The first-order chi connectivity index (χ1) is 8.70. The van der Waals surface area contributed by atoms with E-state index in [1.54, 1.807) is 29.8 Å². The third kappa shape index (κ3) is 2.92. The van der Waals surface area contributed by atoms with Gasteiger partial charge < -0.3 is 19.7 Å². The fourth-order valence-electron chi connectivity index (χ4n) is 1.82. The van der Waals surface area contributed by atoms with Gasteiger partial charge in [0.2, 0.25) is 11.8 Å². The maximum absolute atomic E-state index is 11.9. The van der Waals surface area contributed by atoms with E-state index in [9.17, 15) is 4.79 Å². The van der Waals surface area contributed by atoms with Crippen LogP contribution in [0.1, 0.15) is 0 Å². The Hall–Kier alpha value is -1.76. The van der Waals surface area contributed by atoms with Gasteiger partial charge in [0.1, 0.15) is 0 Å². The highest BCUT2D eigenvalue weighted by Gasteiger charge is 2.16. The lowest BCUT2D eigenvalue weighted by molar-refractivity contribution is -0.133. The van der Waals surface area contributed by atoms with Crippen molar-refractivity contribution in [3.8, 4) is 5.88 Å². The summed E-state index contributed by atoms with van der Waals surface area (Å²) in [4.78, 5) is 13.7. The first-order valence-electron chi connectivity index (χ1n) is 5.88. The molecule has 1 fully saturated rings. The van der Waals surface area contributed by atoms with Crippen LogP contribution in [0.2, 0.25) is 0 Å². The first-order valence-corrected chi connectivity index (χ1v) is 5.88. The summed E-state index contributed by atoms with van der Waals surface area (Å²) in [5.41, 5.74) is 0. The quantitative estimate of drug-likeness (QED) is 0.799. The highest BCUT2D eigenvalue weighted by atomic mass is 16.5. The molecule has 7 heteroatoms. The van der Waals surface area contributed by atoms with Crippen molar-refractivity contribution >= 4 is 11.7 Å². The van der Waals surface area contributed by atoms with E-state index in [0.717, 1.165) is 0 Å². The van der Waals surface area contributed by atoms with Crippen LogP contribution in [0.25, 0.3) is 0 Å². The van der Waals surface area contributed by atoms with Crippen molar-refractivity contribution in [3.63, 3.8) is 0 Å². The lowest BCUT2D eigenvalue weighted by Gasteiger charge is -2.26. The highest BCUT2D eigenvalue weighted by molar-refractivity contribution is 5.80. The molecule has 2 heterocycles. The number of hydrogen-bond acceptors (Lipinski definition) is 5. The Morgan fingerprint density at radius 2 is 2.28 bits per heavy atom. The molecule has 2 rings (SSSR count). The largest absolute Gasteiger partial charge is 0.481 e. The minimum atomic E-state index is 0.0583. The van der Waals surface area contributed by atoms with Crippen LogP contribution in [-0.2, 0) is 16.6 Å². The summed E-state index contributed by atoms with van der Waals surface area (Å²) >= 11 is 0. The minimum absolute atomic E-state index is 0.0583. The van der Waals surface area contributed by atoms with E-state index in [-0.39, 0.29) is 12.5 Å². The predicted molar refractivity (Wildman–Crippen MR) is 65.6 cm³/mol. The molecule has 1 N–H and O–H groups in total. The van der Waals surface area contributed by atoms with E-state index >= 15 is 0 Å². The van der Waals surface area contributed by atoms with Crippen molar-refractivity contribution < 1.29 is 14.3 Å². The van der Waals surface area contributed by atoms with Crippen LogP contribution in [0.15, 0.2) is 6.07 Å². The number of carbonyl (C=O) groups is 1. The summed E-state index contributed by atoms with van der Waals surface area (Å²) in [5.74, 6) is 1.34. The van der Waals surface area contributed by atoms with Gasteiger partial charge in [0, 0.05) is 26.2 Å². The molecule has 7 nitrogen and oxygen atoms in total. The normalized spacial score (nSPS) is 15.6. The summed E-state index contributed by atoms with van der Waals surface area (Å²) in [7, 11) is 3.37. The number of aryl methyl sites for hydroxylation is 1. The number of nitrogens with zero attached hydrogens (tertiary/aromatic N) is 3. The maximum atomic E-state index is 11.9. The van der Waals surface area contributed by atoms with Gasteiger partial charge in [0.15, 0.2) is 5.82 Å². The van der Waals surface area contributed by atoms with E-state index in [4.69, 9.17) is 9.47 Å². The summed E-state index contributed by atoms with van der Waals surface area (Å²) in [6.45, 7) is 2.78. The Bertz CT molecular complexity index is 412. The molecule has 1 aliphatic rings. The molecule has 1 saturated heterocycles. The van der Waals surface area contributed by atoms with Gasteiger partial charge in [-0.2, -0.15) is 5.10 Å². The van der Waals surface area contributed by atoms with Crippen molar-refractivity contribution in [2.75, 3.05) is 45.3 Å². The lowest BCUT2D eigenvalue weighted by atomic mass is 10.4. The SMILES string of the molecule is COc1cc(NCC(=O)N2CCOCC2)nn1C. The number of carbonyl (C=O) groups excluding carboxylic acids is 1. The molecule has 18 heavy (non-hydrogen) atoms. The lowest BCUT2D eigenvalue weighted by Crippen LogP contribution is -2.43. The predicted octanol–water partition coefficient (Wildman–Crippen LogP) is -0.301. The molecule has 0 atom stereocenters. The van der Waals surface area contributed by atoms with Crippen molar-refractivity contribution in [1.82, 2.24) is 14.7 Å². The highest BCUT2D eigenvalue weighted by Crippen LogP contribution is 2.14. The van der Waals surface area contributed by atoms with Gasteiger partial charge in [-0.05, 0) is 0 Å².